The first-order chi connectivity index (χ1) is 6.81. The van der Waals surface area contributed by atoms with Crippen molar-refractivity contribution in [3.63, 3.8) is 0 Å². The average molecular weight is 338 g/mol. The Morgan fingerprint density at radius 1 is 0.875 bits per heavy atom. The fourth-order valence-electron chi connectivity index (χ4n) is 3.53. The molecule has 0 aliphatic rings. The van der Waals surface area contributed by atoms with Crippen LogP contribution in [-0.4, -0.2) is 9.02 Å². The van der Waals surface area contributed by atoms with Gasteiger partial charge in [0, 0.05) is 10.8 Å². The molecule has 0 rings (SSSR count). The largest absolute Gasteiger partial charge is 0.493 e. The van der Waals surface area contributed by atoms with Gasteiger partial charge in [0.1, 0.15) is 5.60 Å². The fourth-order valence-corrected chi connectivity index (χ4v) is 5.27. The maximum absolute atomic E-state index is 6.08. The van der Waals surface area contributed by atoms with Gasteiger partial charge in [-0.1, -0.05) is 70.7 Å². The maximum Gasteiger partial charge on any atom is 0.132 e. The predicted molar refractivity (Wildman–Crippen MR) is 81.0 cm³/mol. The summed E-state index contributed by atoms with van der Waals surface area (Å²) in [6.07, 6.45) is 1.59. The second-order valence-corrected chi connectivity index (χ2v) is 9.64. The molecule has 96 valence electrons. The van der Waals surface area contributed by atoms with E-state index in [0.29, 0.717) is 0 Å². The summed E-state index contributed by atoms with van der Waals surface area (Å²) in [4.78, 5) is 0. The van der Waals surface area contributed by atoms with Crippen molar-refractivity contribution in [2.24, 2.45) is 10.8 Å². The summed E-state index contributed by atoms with van der Waals surface area (Å²) >= 11 is 2.49. The Hall–Kier alpha value is 0.270. The van der Waals surface area contributed by atoms with Crippen molar-refractivity contribution in [1.29, 1.82) is 0 Å². The van der Waals surface area contributed by atoms with E-state index >= 15 is 0 Å². The van der Waals surface area contributed by atoms with Crippen molar-refractivity contribution in [1.82, 2.24) is 0 Å². The van der Waals surface area contributed by atoms with E-state index in [1.807, 2.05) is 0 Å². The highest BCUT2D eigenvalue weighted by atomic mass is 127. The van der Waals surface area contributed by atoms with Gasteiger partial charge >= 0.3 is 0 Å². The van der Waals surface area contributed by atoms with Crippen LogP contribution in [0.2, 0.25) is 0 Å². The predicted octanol–water partition coefficient (Wildman–Crippen LogP) is 5.19. The van der Waals surface area contributed by atoms with Gasteiger partial charge in [0.05, 0.1) is 9.68 Å². The normalized spacial score (nSPS) is 14.8. The van der Waals surface area contributed by atoms with Crippen LogP contribution >= 0.6 is 22.6 Å². The van der Waals surface area contributed by atoms with Gasteiger partial charge in [-0.15, -0.1) is 0 Å². The van der Waals surface area contributed by atoms with Crippen LogP contribution in [0.3, 0.4) is 0 Å². The van der Waals surface area contributed by atoms with Gasteiger partial charge in [-0.3, -0.25) is 0 Å². The maximum atomic E-state index is 6.08. The summed E-state index contributed by atoms with van der Waals surface area (Å²) in [5.41, 5.74) is -0.205. The molecule has 0 aromatic heterocycles. The summed E-state index contributed by atoms with van der Waals surface area (Å²) in [7, 11) is 0. The lowest BCUT2D eigenvalue weighted by molar-refractivity contribution is -0.157. The molecule has 1 nitrogen and oxygen atoms in total. The van der Waals surface area contributed by atoms with Gasteiger partial charge in [-0.05, 0) is 13.8 Å². The zero-order chi connectivity index (χ0) is 13.4. The third kappa shape index (κ3) is 2.57. The number of ether oxygens (including phenoxy) is 1. The molecule has 0 atom stereocenters. The Kier molecular flexibility index (Phi) is 4.58. The van der Waals surface area contributed by atoms with E-state index in [2.05, 4.69) is 84.6 Å². The van der Waals surface area contributed by atoms with Crippen molar-refractivity contribution in [3.05, 3.63) is 12.8 Å². The Morgan fingerprint density at radius 2 is 1.19 bits per heavy atom. The molecule has 0 aliphatic heterocycles. The standard InChI is InChI=1S/C14H27IO/c1-10-16-14(11(2,3)4,12(5,6)7)13(8,9)15/h10H,1H2,2-9H3. The van der Waals surface area contributed by atoms with Gasteiger partial charge < -0.3 is 4.74 Å². The van der Waals surface area contributed by atoms with Gasteiger partial charge in [-0.25, -0.2) is 0 Å². The van der Waals surface area contributed by atoms with E-state index in [9.17, 15) is 0 Å². The zero-order valence-corrected chi connectivity index (χ0v) is 14.2. The van der Waals surface area contributed by atoms with Crippen LogP contribution in [-0.2, 0) is 4.74 Å². The second-order valence-electron chi connectivity index (χ2n) is 6.94. The quantitative estimate of drug-likeness (QED) is 0.391. The third-order valence-electron chi connectivity index (χ3n) is 3.21. The summed E-state index contributed by atoms with van der Waals surface area (Å²) in [6.45, 7) is 21.6. The van der Waals surface area contributed by atoms with Crippen LogP contribution in [0.1, 0.15) is 55.4 Å². The lowest BCUT2D eigenvalue weighted by Gasteiger charge is -2.58. The van der Waals surface area contributed by atoms with Crippen LogP contribution < -0.4 is 0 Å². The first-order valence-electron chi connectivity index (χ1n) is 5.79. The number of alkyl halides is 1. The minimum absolute atomic E-state index is 0.00937. The molecule has 0 fully saturated rings. The van der Waals surface area contributed by atoms with Crippen molar-refractivity contribution in [3.8, 4) is 0 Å². The van der Waals surface area contributed by atoms with Crippen molar-refractivity contribution in [2.75, 3.05) is 0 Å². The summed E-state index contributed by atoms with van der Waals surface area (Å²) in [6, 6.07) is 0. The molecule has 0 aliphatic carbocycles. The molecule has 0 amide bonds. The molecule has 0 N–H and O–H groups in total. The molecule has 16 heavy (non-hydrogen) atoms. The van der Waals surface area contributed by atoms with E-state index in [4.69, 9.17) is 4.74 Å². The van der Waals surface area contributed by atoms with Crippen LogP contribution in [0, 0.1) is 10.8 Å². The van der Waals surface area contributed by atoms with Crippen molar-refractivity contribution in [2.45, 2.75) is 64.4 Å². The zero-order valence-electron chi connectivity index (χ0n) is 12.1. The lowest BCUT2D eigenvalue weighted by atomic mass is 9.57. The molecule has 0 saturated carbocycles. The first-order valence-corrected chi connectivity index (χ1v) is 6.87. The molecule has 0 aromatic rings. The smallest absolute Gasteiger partial charge is 0.132 e. The molecule has 0 unspecified atom stereocenters. The number of halogens is 1. The number of hydrogen-bond donors (Lipinski definition) is 0. The van der Waals surface area contributed by atoms with Gasteiger partial charge in [0.15, 0.2) is 0 Å². The minimum atomic E-state index is -0.269. The van der Waals surface area contributed by atoms with Crippen LogP contribution in [0.5, 0.6) is 0 Å². The van der Waals surface area contributed by atoms with Crippen LogP contribution in [0.4, 0.5) is 0 Å². The van der Waals surface area contributed by atoms with E-state index in [1.54, 1.807) is 6.26 Å². The molecular formula is C14H27IO. The molecule has 0 aromatic carbocycles. The SMILES string of the molecule is C=COC(C(C)(C)C)(C(C)(C)C)C(C)(C)I. The number of hydrogen-bond acceptors (Lipinski definition) is 1. The Bertz CT molecular complexity index is 211. The molecule has 0 saturated heterocycles. The van der Waals surface area contributed by atoms with E-state index in [1.165, 1.54) is 0 Å². The van der Waals surface area contributed by atoms with Crippen LogP contribution in [0.15, 0.2) is 12.8 Å². The molecule has 2 heteroatoms. The summed E-state index contributed by atoms with van der Waals surface area (Å²) in [5.74, 6) is 0. The minimum Gasteiger partial charge on any atom is -0.493 e. The van der Waals surface area contributed by atoms with Gasteiger partial charge in [0.25, 0.3) is 0 Å². The Labute approximate surface area is 115 Å². The highest BCUT2D eigenvalue weighted by Gasteiger charge is 2.60. The van der Waals surface area contributed by atoms with Crippen molar-refractivity contribution >= 4 is 22.6 Å². The third-order valence-corrected chi connectivity index (χ3v) is 3.97. The van der Waals surface area contributed by atoms with Crippen molar-refractivity contribution < 1.29 is 4.74 Å². The first kappa shape index (κ1) is 16.3. The fraction of sp³-hybridized carbons (Fsp3) is 0.857. The van der Waals surface area contributed by atoms with Gasteiger partial charge in [0.2, 0.25) is 0 Å². The lowest BCUT2D eigenvalue weighted by Crippen LogP contribution is -2.64. The molecule has 0 bridgehead atoms. The summed E-state index contributed by atoms with van der Waals surface area (Å²) in [5, 5.41) is 0. The topological polar surface area (TPSA) is 9.23 Å². The highest BCUT2D eigenvalue weighted by Crippen LogP contribution is 2.56. The summed E-state index contributed by atoms with van der Waals surface area (Å²) < 4.78 is 6.09. The van der Waals surface area contributed by atoms with E-state index < -0.39 is 0 Å². The van der Waals surface area contributed by atoms with Gasteiger partial charge in [-0.2, -0.15) is 0 Å². The van der Waals surface area contributed by atoms with E-state index in [-0.39, 0.29) is 19.9 Å². The Morgan fingerprint density at radius 3 is 1.25 bits per heavy atom. The molecule has 0 spiro atoms. The monoisotopic (exact) mass is 338 g/mol. The molecular weight excluding hydrogens is 311 g/mol. The molecule has 0 heterocycles. The number of rotatable bonds is 3. The average Bonchev–Trinajstić information content (AvgIpc) is 1.91. The Balaban J connectivity index is 5.92. The molecule has 0 radical (unpaired) electrons. The van der Waals surface area contributed by atoms with Crippen LogP contribution in [0.25, 0.3) is 0 Å². The highest BCUT2D eigenvalue weighted by molar-refractivity contribution is 14.1. The second kappa shape index (κ2) is 4.51. The van der Waals surface area contributed by atoms with E-state index in [0.717, 1.165) is 0 Å².